The second-order valence-electron chi connectivity index (χ2n) is 5.94. The van der Waals surface area contributed by atoms with E-state index in [-0.39, 0.29) is 21.9 Å². The molecule has 1 atom stereocenters. The topological polar surface area (TPSA) is 133 Å². The monoisotopic (exact) mass is 410 g/mol. The van der Waals surface area contributed by atoms with Crippen LogP contribution in [0.1, 0.15) is 35.7 Å². The SMILES string of the molecule is CCCC[S+]([O-])c1c(NCc2ccccc2)cc(C(=O)O)cc1S(N)(=O)=O. The number of carboxylic acid groups (broad SMARTS) is 1. The Balaban J connectivity index is 2.55. The molecule has 0 spiro atoms. The molecule has 0 amide bonds. The summed E-state index contributed by atoms with van der Waals surface area (Å²) in [7, 11) is -4.26. The molecule has 146 valence electrons. The fourth-order valence-corrected chi connectivity index (χ4v) is 5.18. The number of nitrogens with two attached hydrogens (primary N) is 1. The Hall–Kier alpha value is -2.07. The number of carboxylic acids is 1. The molecule has 1 unspecified atom stereocenters. The van der Waals surface area contributed by atoms with Crippen LogP contribution < -0.4 is 10.5 Å². The van der Waals surface area contributed by atoms with E-state index in [0.29, 0.717) is 13.0 Å². The number of hydrogen-bond acceptors (Lipinski definition) is 5. The van der Waals surface area contributed by atoms with Crippen LogP contribution in [0.2, 0.25) is 0 Å². The summed E-state index contributed by atoms with van der Waals surface area (Å²) in [6.07, 6.45) is 1.42. The van der Waals surface area contributed by atoms with Crippen molar-refractivity contribution in [3.8, 4) is 0 Å². The number of nitrogens with one attached hydrogen (secondary N) is 1. The lowest BCUT2D eigenvalue weighted by Gasteiger charge is -2.19. The number of unbranched alkanes of at least 4 members (excludes halogenated alkanes) is 1. The van der Waals surface area contributed by atoms with E-state index < -0.39 is 32.1 Å². The predicted octanol–water partition coefficient (Wildman–Crippen LogP) is 2.55. The highest BCUT2D eigenvalue weighted by Gasteiger charge is 2.29. The molecule has 0 aliphatic carbocycles. The Morgan fingerprint density at radius 2 is 1.93 bits per heavy atom. The average molecular weight is 411 g/mol. The van der Waals surface area contributed by atoms with Crippen molar-refractivity contribution in [2.45, 2.75) is 36.1 Å². The van der Waals surface area contributed by atoms with Gasteiger partial charge in [0, 0.05) is 6.54 Å². The maximum atomic E-state index is 12.8. The van der Waals surface area contributed by atoms with Crippen molar-refractivity contribution in [1.82, 2.24) is 0 Å². The highest BCUT2D eigenvalue weighted by molar-refractivity contribution is 7.93. The van der Waals surface area contributed by atoms with Crippen LogP contribution in [0.4, 0.5) is 5.69 Å². The van der Waals surface area contributed by atoms with Gasteiger partial charge in [-0.25, -0.2) is 18.4 Å². The fraction of sp³-hybridized carbons (Fsp3) is 0.278. The first-order chi connectivity index (χ1) is 12.7. The minimum Gasteiger partial charge on any atom is -0.611 e. The molecule has 0 saturated carbocycles. The Labute approximate surface area is 161 Å². The maximum Gasteiger partial charge on any atom is 0.335 e. The van der Waals surface area contributed by atoms with Crippen molar-refractivity contribution < 1.29 is 22.9 Å². The van der Waals surface area contributed by atoms with Crippen molar-refractivity contribution >= 4 is 32.9 Å². The molecule has 2 aromatic carbocycles. The second kappa shape index (κ2) is 9.23. The molecule has 0 radical (unpaired) electrons. The number of rotatable bonds is 9. The Morgan fingerprint density at radius 1 is 1.26 bits per heavy atom. The largest absolute Gasteiger partial charge is 0.611 e. The van der Waals surface area contributed by atoms with Crippen molar-refractivity contribution in [3.63, 3.8) is 0 Å². The molecule has 2 rings (SSSR count). The Kier molecular flexibility index (Phi) is 7.25. The summed E-state index contributed by atoms with van der Waals surface area (Å²) in [4.78, 5) is 11.0. The van der Waals surface area contributed by atoms with E-state index >= 15 is 0 Å². The minimum absolute atomic E-state index is 0.0203. The molecule has 2 aromatic rings. The molecule has 7 nitrogen and oxygen atoms in total. The van der Waals surface area contributed by atoms with Crippen molar-refractivity contribution in [2.24, 2.45) is 5.14 Å². The lowest BCUT2D eigenvalue weighted by molar-refractivity contribution is 0.0696. The summed E-state index contributed by atoms with van der Waals surface area (Å²) in [5, 5.41) is 17.6. The smallest absolute Gasteiger partial charge is 0.335 e. The summed E-state index contributed by atoms with van der Waals surface area (Å²) in [5.41, 5.74) is 0.851. The molecular formula is C18H22N2O5S2. The molecule has 0 saturated heterocycles. The molecule has 0 aliphatic heterocycles. The number of sulfonamides is 1. The molecule has 0 fully saturated rings. The fourth-order valence-electron chi connectivity index (χ4n) is 2.47. The van der Waals surface area contributed by atoms with Gasteiger partial charge in [-0.3, -0.25) is 0 Å². The van der Waals surface area contributed by atoms with E-state index in [1.807, 2.05) is 37.3 Å². The summed E-state index contributed by atoms with van der Waals surface area (Å²) >= 11 is -1.65. The first-order valence-corrected chi connectivity index (χ1v) is 11.2. The highest BCUT2D eigenvalue weighted by Crippen LogP contribution is 2.32. The van der Waals surface area contributed by atoms with Crippen molar-refractivity contribution in [2.75, 3.05) is 11.1 Å². The molecule has 0 aliphatic rings. The minimum atomic E-state index is -4.26. The zero-order valence-corrected chi connectivity index (χ0v) is 16.5. The van der Waals surface area contributed by atoms with Crippen LogP contribution in [0.5, 0.6) is 0 Å². The molecule has 0 aromatic heterocycles. The normalized spacial score (nSPS) is 12.6. The number of hydrogen-bond donors (Lipinski definition) is 3. The molecule has 0 bridgehead atoms. The van der Waals surface area contributed by atoms with E-state index in [2.05, 4.69) is 5.32 Å². The van der Waals surface area contributed by atoms with Crippen LogP contribution in [-0.2, 0) is 27.7 Å². The summed E-state index contributed by atoms with van der Waals surface area (Å²) in [5.74, 6) is -1.04. The van der Waals surface area contributed by atoms with Gasteiger partial charge in [0.15, 0.2) is 4.90 Å². The van der Waals surface area contributed by atoms with Crippen molar-refractivity contribution in [1.29, 1.82) is 0 Å². The Morgan fingerprint density at radius 3 is 2.48 bits per heavy atom. The number of benzene rings is 2. The summed E-state index contributed by atoms with van der Waals surface area (Å²) in [6, 6.07) is 11.5. The summed E-state index contributed by atoms with van der Waals surface area (Å²) < 4.78 is 36.9. The van der Waals surface area contributed by atoms with Gasteiger partial charge in [0.25, 0.3) is 0 Å². The van der Waals surface area contributed by atoms with Crippen LogP contribution in [0.25, 0.3) is 0 Å². The third-order valence-corrected chi connectivity index (χ3v) is 6.46. The predicted molar refractivity (Wildman–Crippen MR) is 105 cm³/mol. The zero-order chi connectivity index (χ0) is 20.0. The van der Waals surface area contributed by atoms with E-state index in [0.717, 1.165) is 18.1 Å². The standard InChI is InChI=1S/C18H22N2O5S2/c1-2-3-9-26(23)17-15(20-12-13-7-5-4-6-8-13)10-14(18(21)22)11-16(17)27(19,24)25/h4-8,10-11,20H,2-3,9,12H2,1H3,(H,21,22)(H2,19,24,25). The highest BCUT2D eigenvalue weighted by atomic mass is 32.2. The Bertz CT molecular complexity index is 901. The summed E-state index contributed by atoms with van der Waals surface area (Å²) in [6.45, 7) is 2.24. The average Bonchev–Trinajstić information content (AvgIpc) is 2.63. The number of carbonyl (C=O) groups is 1. The van der Waals surface area contributed by atoms with Gasteiger partial charge in [0.1, 0.15) is 10.6 Å². The van der Waals surface area contributed by atoms with Crippen molar-refractivity contribution in [3.05, 3.63) is 53.6 Å². The van der Waals surface area contributed by atoms with Gasteiger partial charge in [-0.1, -0.05) is 43.7 Å². The molecule has 27 heavy (non-hydrogen) atoms. The van der Waals surface area contributed by atoms with Crippen LogP contribution in [0.3, 0.4) is 0 Å². The van der Waals surface area contributed by atoms with Gasteiger partial charge in [0.05, 0.1) is 11.3 Å². The lowest BCUT2D eigenvalue weighted by Crippen LogP contribution is -2.21. The van der Waals surface area contributed by atoms with E-state index in [1.165, 1.54) is 6.07 Å². The van der Waals surface area contributed by atoms with Gasteiger partial charge >= 0.3 is 5.97 Å². The number of anilines is 1. The first kappa shape index (κ1) is 21.2. The quantitative estimate of drug-likeness (QED) is 0.544. The van der Waals surface area contributed by atoms with Gasteiger partial charge < -0.3 is 15.0 Å². The third-order valence-electron chi connectivity index (χ3n) is 3.85. The maximum absolute atomic E-state index is 12.8. The van der Waals surface area contributed by atoms with E-state index in [4.69, 9.17) is 5.14 Å². The van der Waals surface area contributed by atoms with Crippen LogP contribution in [0.15, 0.2) is 52.3 Å². The van der Waals surface area contributed by atoms with E-state index in [1.54, 1.807) is 0 Å². The lowest BCUT2D eigenvalue weighted by atomic mass is 10.2. The van der Waals surface area contributed by atoms with E-state index in [9.17, 15) is 22.9 Å². The molecule has 0 heterocycles. The molecule has 4 N–H and O–H groups in total. The van der Waals surface area contributed by atoms with Gasteiger partial charge in [0.2, 0.25) is 10.0 Å². The van der Waals surface area contributed by atoms with Crippen LogP contribution in [0, 0.1) is 0 Å². The molecule has 9 heteroatoms. The van der Waals surface area contributed by atoms with Crippen LogP contribution >= 0.6 is 0 Å². The first-order valence-electron chi connectivity index (χ1n) is 8.34. The van der Waals surface area contributed by atoms with Gasteiger partial charge in [-0.2, -0.15) is 0 Å². The van der Waals surface area contributed by atoms with Gasteiger partial charge in [-0.05, 0) is 35.3 Å². The zero-order valence-electron chi connectivity index (χ0n) is 14.8. The molecular weight excluding hydrogens is 388 g/mol. The third kappa shape index (κ3) is 5.70. The van der Waals surface area contributed by atoms with Gasteiger partial charge in [-0.15, -0.1) is 0 Å². The number of aromatic carboxylic acids is 1. The van der Waals surface area contributed by atoms with Crippen LogP contribution in [-0.4, -0.2) is 29.8 Å². The second-order valence-corrected chi connectivity index (χ2v) is 8.98. The number of primary sulfonamides is 1.